The molecule has 0 saturated heterocycles. The largest absolute Gasteiger partial charge is 0.327 e. The highest BCUT2D eigenvalue weighted by Crippen LogP contribution is 2.19. The van der Waals surface area contributed by atoms with Crippen LogP contribution in [0, 0.1) is 11.3 Å². The van der Waals surface area contributed by atoms with Crippen molar-refractivity contribution < 1.29 is 0 Å². The highest BCUT2D eigenvalue weighted by Gasteiger charge is 2.10. The number of nitriles is 1. The van der Waals surface area contributed by atoms with Crippen LogP contribution in [0.1, 0.15) is 44.5 Å². The summed E-state index contributed by atoms with van der Waals surface area (Å²) in [6.45, 7) is 5.32. The quantitative estimate of drug-likeness (QED) is 0.735. The average Bonchev–Trinajstić information content (AvgIpc) is 2.76. The van der Waals surface area contributed by atoms with Crippen molar-refractivity contribution in [1.82, 2.24) is 9.55 Å². The lowest BCUT2D eigenvalue weighted by Gasteiger charge is -2.07. The Hall–Kier alpha value is -1.82. The van der Waals surface area contributed by atoms with Crippen molar-refractivity contribution in [1.29, 1.82) is 5.26 Å². The number of imidazole rings is 1. The van der Waals surface area contributed by atoms with Gasteiger partial charge in [0.15, 0.2) is 0 Å². The Balaban J connectivity index is 2.39. The molecule has 0 radical (unpaired) electrons. The normalized spacial score (nSPS) is 10.8. The van der Waals surface area contributed by atoms with Crippen LogP contribution in [0.15, 0.2) is 18.2 Å². The maximum absolute atomic E-state index is 8.94. The van der Waals surface area contributed by atoms with Crippen molar-refractivity contribution in [2.45, 2.75) is 52.5 Å². The molecule has 0 aliphatic rings. The molecule has 1 aromatic carbocycles. The molecule has 0 saturated carbocycles. The first kappa shape index (κ1) is 13.6. The number of hydrogen-bond acceptors (Lipinski definition) is 2. The van der Waals surface area contributed by atoms with E-state index in [9.17, 15) is 0 Å². The summed E-state index contributed by atoms with van der Waals surface area (Å²) in [6, 6.07) is 8.68. The Morgan fingerprint density at radius 3 is 2.79 bits per heavy atom. The number of rotatable bonds is 6. The van der Waals surface area contributed by atoms with Crippen molar-refractivity contribution in [3.05, 3.63) is 29.6 Å². The van der Waals surface area contributed by atoms with Crippen LogP contribution in [0.2, 0.25) is 0 Å². The number of benzene rings is 1. The summed E-state index contributed by atoms with van der Waals surface area (Å²) in [4.78, 5) is 4.63. The van der Waals surface area contributed by atoms with Crippen LogP contribution < -0.4 is 0 Å². The van der Waals surface area contributed by atoms with E-state index in [1.807, 2.05) is 0 Å². The lowest BCUT2D eigenvalue weighted by Crippen LogP contribution is -2.03. The molecule has 0 aliphatic heterocycles. The third-order valence-corrected chi connectivity index (χ3v) is 3.52. The molecule has 3 nitrogen and oxygen atoms in total. The van der Waals surface area contributed by atoms with E-state index in [4.69, 9.17) is 5.26 Å². The molecular formula is C16H21N3. The molecule has 2 aromatic rings. The lowest BCUT2D eigenvalue weighted by atomic mass is 10.1. The Morgan fingerprint density at radius 1 is 1.26 bits per heavy atom. The predicted octanol–water partition coefficient (Wildman–Crippen LogP) is 3.85. The number of fused-ring (bicyclic) bond motifs is 1. The van der Waals surface area contributed by atoms with E-state index < -0.39 is 0 Å². The maximum atomic E-state index is 8.94. The zero-order valence-electron chi connectivity index (χ0n) is 11.8. The molecule has 0 unspecified atom stereocenters. The van der Waals surface area contributed by atoms with Crippen molar-refractivity contribution >= 4 is 11.0 Å². The minimum absolute atomic E-state index is 0.391. The van der Waals surface area contributed by atoms with Crippen LogP contribution in [0.25, 0.3) is 11.0 Å². The Morgan fingerprint density at radius 2 is 2.11 bits per heavy atom. The fraction of sp³-hybridized carbons (Fsp3) is 0.500. The summed E-state index contributed by atoms with van der Waals surface area (Å²) >= 11 is 0. The standard InChI is InChI=1S/C16H21N3/c1-3-5-6-11-19-15-8-7-13(4-2)12-14(15)18-16(19)9-10-17/h7-8,12H,3-6,9,11H2,1-2H3. The molecule has 0 amide bonds. The minimum atomic E-state index is 0.391. The van der Waals surface area contributed by atoms with Crippen molar-refractivity contribution in [3.8, 4) is 6.07 Å². The van der Waals surface area contributed by atoms with E-state index in [0.29, 0.717) is 6.42 Å². The number of nitrogens with zero attached hydrogens (tertiary/aromatic N) is 3. The van der Waals surface area contributed by atoms with Gasteiger partial charge in [-0.3, -0.25) is 0 Å². The summed E-state index contributed by atoms with van der Waals surface area (Å²) in [5.41, 5.74) is 3.49. The summed E-state index contributed by atoms with van der Waals surface area (Å²) < 4.78 is 2.22. The second-order valence-electron chi connectivity index (χ2n) is 4.90. The zero-order valence-corrected chi connectivity index (χ0v) is 11.8. The fourth-order valence-corrected chi connectivity index (χ4v) is 2.42. The van der Waals surface area contributed by atoms with Crippen LogP contribution in [-0.2, 0) is 19.4 Å². The molecular weight excluding hydrogens is 234 g/mol. The SMILES string of the molecule is CCCCCn1c(CC#N)nc2cc(CC)ccc21. The number of aromatic nitrogens is 2. The van der Waals surface area contributed by atoms with E-state index in [-0.39, 0.29) is 0 Å². The minimum Gasteiger partial charge on any atom is -0.327 e. The van der Waals surface area contributed by atoms with Crippen LogP contribution in [0.4, 0.5) is 0 Å². The molecule has 19 heavy (non-hydrogen) atoms. The van der Waals surface area contributed by atoms with Crippen LogP contribution in [0.3, 0.4) is 0 Å². The lowest BCUT2D eigenvalue weighted by molar-refractivity contribution is 0.598. The predicted molar refractivity (Wildman–Crippen MR) is 78.0 cm³/mol. The van der Waals surface area contributed by atoms with Crippen molar-refractivity contribution in [2.24, 2.45) is 0 Å². The molecule has 0 bridgehead atoms. The number of aryl methyl sites for hydroxylation is 2. The molecule has 0 aliphatic carbocycles. The van der Waals surface area contributed by atoms with E-state index >= 15 is 0 Å². The van der Waals surface area contributed by atoms with Gasteiger partial charge in [0.1, 0.15) is 5.82 Å². The van der Waals surface area contributed by atoms with Crippen molar-refractivity contribution in [2.75, 3.05) is 0 Å². The first-order valence-electron chi connectivity index (χ1n) is 7.15. The summed E-state index contributed by atoms with van der Waals surface area (Å²) in [5, 5.41) is 8.94. The van der Waals surface area contributed by atoms with Crippen molar-refractivity contribution in [3.63, 3.8) is 0 Å². The Bertz CT molecular complexity index is 590. The van der Waals surface area contributed by atoms with Gasteiger partial charge in [-0.1, -0.05) is 32.8 Å². The van der Waals surface area contributed by atoms with Crippen LogP contribution in [-0.4, -0.2) is 9.55 Å². The molecule has 3 heteroatoms. The smallest absolute Gasteiger partial charge is 0.124 e. The van der Waals surface area contributed by atoms with Gasteiger partial charge >= 0.3 is 0 Å². The average molecular weight is 255 g/mol. The van der Waals surface area contributed by atoms with E-state index in [2.05, 4.69) is 47.7 Å². The van der Waals surface area contributed by atoms with Crippen LogP contribution >= 0.6 is 0 Å². The molecule has 0 atom stereocenters. The zero-order chi connectivity index (χ0) is 13.7. The highest BCUT2D eigenvalue weighted by atomic mass is 15.1. The maximum Gasteiger partial charge on any atom is 0.124 e. The Labute approximate surface area is 114 Å². The summed E-state index contributed by atoms with van der Waals surface area (Å²) in [7, 11) is 0. The molecule has 100 valence electrons. The topological polar surface area (TPSA) is 41.6 Å². The highest BCUT2D eigenvalue weighted by molar-refractivity contribution is 5.77. The molecule has 0 fully saturated rings. The molecule has 1 aromatic heterocycles. The summed E-state index contributed by atoms with van der Waals surface area (Å²) in [5.74, 6) is 0.904. The van der Waals surface area contributed by atoms with Gasteiger partial charge in [0.25, 0.3) is 0 Å². The molecule has 1 heterocycles. The van der Waals surface area contributed by atoms with E-state index in [0.717, 1.165) is 30.7 Å². The van der Waals surface area contributed by atoms with Gasteiger partial charge in [-0.05, 0) is 30.5 Å². The fourth-order valence-electron chi connectivity index (χ4n) is 2.42. The first-order valence-corrected chi connectivity index (χ1v) is 7.15. The van der Waals surface area contributed by atoms with Gasteiger partial charge < -0.3 is 4.57 Å². The molecule has 2 rings (SSSR count). The van der Waals surface area contributed by atoms with Gasteiger partial charge in [-0.25, -0.2) is 4.98 Å². The van der Waals surface area contributed by atoms with Gasteiger partial charge in [-0.15, -0.1) is 0 Å². The van der Waals surface area contributed by atoms with Gasteiger partial charge in [-0.2, -0.15) is 5.26 Å². The van der Waals surface area contributed by atoms with Gasteiger partial charge in [0.2, 0.25) is 0 Å². The third-order valence-electron chi connectivity index (χ3n) is 3.52. The van der Waals surface area contributed by atoms with Gasteiger partial charge in [0.05, 0.1) is 23.5 Å². The number of hydrogen-bond donors (Lipinski definition) is 0. The van der Waals surface area contributed by atoms with Gasteiger partial charge in [0, 0.05) is 6.54 Å². The monoisotopic (exact) mass is 255 g/mol. The second kappa shape index (κ2) is 6.38. The first-order chi connectivity index (χ1) is 9.30. The summed E-state index contributed by atoms with van der Waals surface area (Å²) in [6.07, 6.45) is 4.99. The Kier molecular flexibility index (Phi) is 4.57. The molecule has 0 spiro atoms. The van der Waals surface area contributed by atoms with E-state index in [1.54, 1.807) is 0 Å². The van der Waals surface area contributed by atoms with Crippen LogP contribution in [0.5, 0.6) is 0 Å². The van der Waals surface area contributed by atoms with E-state index in [1.165, 1.54) is 23.9 Å². The number of unbranched alkanes of at least 4 members (excludes halogenated alkanes) is 2. The second-order valence-corrected chi connectivity index (χ2v) is 4.90. The third kappa shape index (κ3) is 2.96. The molecule has 0 N–H and O–H groups in total.